The van der Waals surface area contributed by atoms with Gasteiger partial charge in [0.15, 0.2) is 0 Å². The van der Waals surface area contributed by atoms with E-state index in [-0.39, 0.29) is 5.82 Å². The summed E-state index contributed by atoms with van der Waals surface area (Å²) in [6.45, 7) is 1.26. The van der Waals surface area contributed by atoms with E-state index in [0.717, 1.165) is 23.4 Å². The predicted molar refractivity (Wildman–Crippen MR) is 74.7 cm³/mol. The average molecular weight is 258 g/mol. The second-order valence-corrected chi connectivity index (χ2v) is 5.97. The monoisotopic (exact) mass is 258 g/mol. The van der Waals surface area contributed by atoms with Crippen LogP contribution < -0.4 is 0 Å². The van der Waals surface area contributed by atoms with Crippen LogP contribution in [0.3, 0.4) is 0 Å². The zero-order valence-electron chi connectivity index (χ0n) is 11.0. The highest BCUT2D eigenvalue weighted by atomic mass is 19.1. The molecule has 1 saturated heterocycles. The van der Waals surface area contributed by atoms with Gasteiger partial charge in [-0.2, -0.15) is 0 Å². The molecule has 2 nitrogen and oxygen atoms in total. The zero-order valence-corrected chi connectivity index (χ0v) is 11.0. The van der Waals surface area contributed by atoms with Gasteiger partial charge in [0.1, 0.15) is 5.82 Å². The quantitative estimate of drug-likeness (QED) is 0.893. The van der Waals surface area contributed by atoms with Crippen molar-refractivity contribution in [2.24, 2.45) is 0 Å². The summed E-state index contributed by atoms with van der Waals surface area (Å²) in [7, 11) is 0. The lowest BCUT2D eigenvalue weighted by molar-refractivity contribution is 0.242. The molecule has 2 aromatic rings. The Balaban J connectivity index is 1.62. The molecule has 19 heavy (non-hydrogen) atoms. The highest BCUT2D eigenvalue weighted by Crippen LogP contribution is 2.35. The maximum Gasteiger partial charge on any atom is 0.123 e. The first-order valence-electron chi connectivity index (χ1n) is 7.32. The molecule has 1 aliphatic heterocycles. The van der Waals surface area contributed by atoms with Gasteiger partial charge in [0.25, 0.3) is 0 Å². The first-order chi connectivity index (χ1) is 9.31. The van der Waals surface area contributed by atoms with Crippen molar-refractivity contribution in [3.8, 4) is 0 Å². The Morgan fingerprint density at radius 2 is 2.16 bits per heavy atom. The van der Waals surface area contributed by atoms with Gasteiger partial charge in [-0.25, -0.2) is 4.39 Å². The van der Waals surface area contributed by atoms with Crippen molar-refractivity contribution in [3.05, 3.63) is 35.8 Å². The summed E-state index contributed by atoms with van der Waals surface area (Å²) >= 11 is 0. The van der Waals surface area contributed by atoms with E-state index >= 15 is 0 Å². The molecule has 100 valence electrons. The summed E-state index contributed by atoms with van der Waals surface area (Å²) in [6, 6.07) is 6.53. The van der Waals surface area contributed by atoms with Crippen LogP contribution >= 0.6 is 0 Å². The molecule has 3 heteroatoms. The smallest absolute Gasteiger partial charge is 0.123 e. The number of hydrogen-bond donors (Lipinski definition) is 1. The summed E-state index contributed by atoms with van der Waals surface area (Å²) in [5, 5.41) is 1.06. The summed E-state index contributed by atoms with van der Waals surface area (Å²) in [5.41, 5.74) is 2.32. The third-order valence-corrected chi connectivity index (χ3v) is 4.62. The fraction of sp³-hybridized carbons (Fsp3) is 0.500. The number of aromatic nitrogens is 1. The number of rotatable bonds is 3. The van der Waals surface area contributed by atoms with E-state index < -0.39 is 0 Å². The molecule has 1 aromatic carbocycles. The molecule has 2 heterocycles. The van der Waals surface area contributed by atoms with Crippen molar-refractivity contribution in [2.45, 2.75) is 44.2 Å². The van der Waals surface area contributed by atoms with Gasteiger partial charge < -0.3 is 4.98 Å². The lowest BCUT2D eigenvalue weighted by atomic mass is 10.0. The van der Waals surface area contributed by atoms with E-state index in [1.165, 1.54) is 43.9 Å². The first-order valence-corrected chi connectivity index (χ1v) is 7.32. The Morgan fingerprint density at radius 1 is 1.26 bits per heavy atom. The van der Waals surface area contributed by atoms with Crippen molar-refractivity contribution in [3.63, 3.8) is 0 Å². The molecular weight excluding hydrogens is 239 g/mol. The number of halogens is 1. The summed E-state index contributed by atoms with van der Waals surface area (Å²) in [6.07, 6.45) is 8.47. The average Bonchev–Trinajstić information content (AvgIpc) is 3.03. The molecule has 2 fully saturated rings. The first kappa shape index (κ1) is 11.5. The zero-order chi connectivity index (χ0) is 12.8. The van der Waals surface area contributed by atoms with Crippen molar-refractivity contribution in [1.82, 2.24) is 9.88 Å². The van der Waals surface area contributed by atoms with Crippen LogP contribution in [-0.4, -0.2) is 28.5 Å². The Bertz CT molecular complexity index is 600. The molecule has 1 atom stereocenters. The molecule has 0 bridgehead atoms. The molecule has 2 aliphatic rings. The van der Waals surface area contributed by atoms with Crippen LogP contribution in [0.1, 0.15) is 31.2 Å². The van der Waals surface area contributed by atoms with Crippen LogP contribution in [0.5, 0.6) is 0 Å². The number of nitrogens with zero attached hydrogens (tertiary/aromatic N) is 1. The summed E-state index contributed by atoms with van der Waals surface area (Å²) in [5.74, 6) is -0.140. The molecule has 1 aliphatic carbocycles. The molecule has 1 saturated carbocycles. The highest BCUT2D eigenvalue weighted by molar-refractivity contribution is 5.83. The Kier molecular flexibility index (Phi) is 2.62. The van der Waals surface area contributed by atoms with E-state index in [1.807, 2.05) is 6.07 Å². The predicted octanol–water partition coefficient (Wildman–Crippen LogP) is 3.48. The molecule has 0 radical (unpaired) electrons. The van der Waals surface area contributed by atoms with Crippen LogP contribution in [0, 0.1) is 5.82 Å². The third-order valence-electron chi connectivity index (χ3n) is 4.62. The van der Waals surface area contributed by atoms with Gasteiger partial charge in [-0.3, -0.25) is 4.90 Å². The Hall–Kier alpha value is -1.35. The molecule has 0 amide bonds. The summed E-state index contributed by atoms with van der Waals surface area (Å²) in [4.78, 5) is 5.94. The van der Waals surface area contributed by atoms with Gasteiger partial charge >= 0.3 is 0 Å². The fourth-order valence-corrected chi connectivity index (χ4v) is 3.54. The summed E-state index contributed by atoms with van der Waals surface area (Å²) < 4.78 is 13.4. The number of hydrogen-bond acceptors (Lipinski definition) is 1. The number of H-pyrrole nitrogens is 1. The van der Waals surface area contributed by atoms with Crippen molar-refractivity contribution >= 4 is 10.9 Å². The lowest BCUT2D eigenvalue weighted by Gasteiger charge is -2.23. The van der Waals surface area contributed by atoms with E-state index in [9.17, 15) is 4.39 Å². The molecular formula is C16H19FN2. The van der Waals surface area contributed by atoms with Crippen LogP contribution in [0.15, 0.2) is 24.4 Å². The van der Waals surface area contributed by atoms with Gasteiger partial charge in [0, 0.05) is 29.2 Å². The van der Waals surface area contributed by atoms with E-state index in [1.54, 1.807) is 6.07 Å². The van der Waals surface area contributed by atoms with Gasteiger partial charge in [-0.1, -0.05) is 0 Å². The molecule has 0 spiro atoms. The number of fused-ring (bicyclic) bond motifs is 1. The standard InChI is InChI=1S/C16H19FN2/c17-12-3-6-16-15(9-12)11(10-18-16)8-14-2-1-7-19(14)13-4-5-13/h3,6,9-10,13-14,18H,1-2,4-5,7-8H2. The van der Waals surface area contributed by atoms with Crippen LogP contribution in [0.2, 0.25) is 0 Å². The second-order valence-electron chi connectivity index (χ2n) is 5.97. The van der Waals surface area contributed by atoms with Gasteiger partial charge in [0.2, 0.25) is 0 Å². The van der Waals surface area contributed by atoms with E-state index in [2.05, 4.69) is 16.1 Å². The Morgan fingerprint density at radius 3 is 3.00 bits per heavy atom. The minimum absolute atomic E-state index is 0.140. The van der Waals surface area contributed by atoms with Crippen molar-refractivity contribution in [2.75, 3.05) is 6.54 Å². The van der Waals surface area contributed by atoms with Crippen LogP contribution in [-0.2, 0) is 6.42 Å². The van der Waals surface area contributed by atoms with Gasteiger partial charge in [-0.05, 0) is 62.4 Å². The number of nitrogens with one attached hydrogen (secondary N) is 1. The molecule has 1 aromatic heterocycles. The molecule has 1 unspecified atom stereocenters. The van der Waals surface area contributed by atoms with Gasteiger partial charge in [-0.15, -0.1) is 0 Å². The molecule has 4 rings (SSSR count). The van der Waals surface area contributed by atoms with Gasteiger partial charge in [0.05, 0.1) is 0 Å². The minimum Gasteiger partial charge on any atom is -0.361 e. The second kappa shape index (κ2) is 4.34. The molecule has 1 N–H and O–H groups in total. The van der Waals surface area contributed by atoms with Crippen molar-refractivity contribution in [1.29, 1.82) is 0 Å². The maximum atomic E-state index is 13.4. The lowest BCUT2D eigenvalue weighted by Crippen LogP contribution is -2.32. The Labute approximate surface area is 112 Å². The van der Waals surface area contributed by atoms with E-state index in [0.29, 0.717) is 6.04 Å². The largest absolute Gasteiger partial charge is 0.361 e. The number of likely N-dealkylation sites (tertiary alicyclic amines) is 1. The SMILES string of the molecule is Fc1ccc2[nH]cc(CC3CCCN3C3CC3)c2c1. The van der Waals surface area contributed by atoms with Crippen LogP contribution in [0.25, 0.3) is 10.9 Å². The topological polar surface area (TPSA) is 19.0 Å². The highest BCUT2D eigenvalue weighted by Gasteiger charge is 2.36. The number of benzene rings is 1. The fourth-order valence-electron chi connectivity index (χ4n) is 3.54. The normalized spacial score (nSPS) is 24.4. The minimum atomic E-state index is -0.140. The van der Waals surface area contributed by atoms with Crippen LogP contribution in [0.4, 0.5) is 4.39 Å². The third kappa shape index (κ3) is 2.06. The maximum absolute atomic E-state index is 13.4. The number of aromatic amines is 1. The van der Waals surface area contributed by atoms with Crippen molar-refractivity contribution < 1.29 is 4.39 Å². The van der Waals surface area contributed by atoms with E-state index in [4.69, 9.17) is 0 Å².